The number of oxazole rings is 1. The van der Waals surface area contributed by atoms with Crippen LogP contribution in [0.2, 0.25) is 0 Å². The maximum absolute atomic E-state index is 14.1. The van der Waals surface area contributed by atoms with E-state index in [1.54, 1.807) is 18.2 Å². The van der Waals surface area contributed by atoms with Crippen LogP contribution in [0, 0.1) is 0 Å². The zero-order chi connectivity index (χ0) is 36.2. The summed E-state index contributed by atoms with van der Waals surface area (Å²) in [6, 6.07) is 7.69. The Morgan fingerprint density at radius 3 is 1.54 bits per heavy atom. The highest BCUT2D eigenvalue weighted by molar-refractivity contribution is 5.89. The standard InChI is InChI=1S/C25H20F17NO3/c1-17(2,3)14-13(43-15(46-14)12-8-5-4-6-9-12)16(44)45-11-7-10-18(26,27)19(28,29)20(30,31)21(32,33)22(34,35)23(36,37)24(38,39)25(40,41)42/h4-6,8-9H,7,10-11H2,1-3H3. The molecular weight excluding hydrogens is 685 g/mol. The van der Waals surface area contributed by atoms with Gasteiger partial charge in [-0.3, -0.25) is 0 Å². The third-order valence-electron chi connectivity index (χ3n) is 6.18. The number of carbonyl (C=O) groups excluding carboxylic acids is 1. The third kappa shape index (κ3) is 6.21. The monoisotopic (exact) mass is 705 g/mol. The lowest BCUT2D eigenvalue weighted by atomic mass is 9.88. The Balaban J connectivity index is 2.28. The number of hydrogen-bond acceptors (Lipinski definition) is 4. The van der Waals surface area contributed by atoms with Crippen molar-refractivity contribution < 1.29 is 88.6 Å². The first kappa shape index (κ1) is 38.9. The molecule has 0 radical (unpaired) electrons. The van der Waals surface area contributed by atoms with Gasteiger partial charge in [0.05, 0.1) is 6.61 Å². The van der Waals surface area contributed by atoms with Crippen molar-refractivity contribution in [2.75, 3.05) is 6.61 Å². The second kappa shape index (κ2) is 11.7. The number of benzene rings is 1. The zero-order valence-electron chi connectivity index (χ0n) is 23.1. The second-order valence-corrected chi connectivity index (χ2v) is 10.7. The first-order valence-corrected chi connectivity index (χ1v) is 12.3. The van der Waals surface area contributed by atoms with Crippen LogP contribution in [0.5, 0.6) is 0 Å². The molecule has 1 aromatic heterocycles. The van der Waals surface area contributed by atoms with Crippen LogP contribution in [0.3, 0.4) is 0 Å². The summed E-state index contributed by atoms with van der Waals surface area (Å²) in [5.74, 6) is -58.7. The van der Waals surface area contributed by atoms with Gasteiger partial charge in [-0.15, -0.1) is 0 Å². The van der Waals surface area contributed by atoms with Gasteiger partial charge in [-0.25, -0.2) is 9.78 Å². The largest absolute Gasteiger partial charge is 0.461 e. The molecule has 1 heterocycles. The van der Waals surface area contributed by atoms with Crippen LogP contribution in [0.25, 0.3) is 11.5 Å². The molecule has 46 heavy (non-hydrogen) atoms. The fraction of sp³-hybridized carbons (Fsp3) is 0.600. The molecule has 4 nitrogen and oxygen atoms in total. The third-order valence-corrected chi connectivity index (χ3v) is 6.18. The van der Waals surface area contributed by atoms with Gasteiger partial charge in [0, 0.05) is 17.4 Å². The lowest BCUT2D eigenvalue weighted by Gasteiger charge is -2.42. The van der Waals surface area contributed by atoms with Crippen molar-refractivity contribution in [2.45, 2.75) is 86.7 Å². The summed E-state index contributed by atoms with van der Waals surface area (Å²) < 4.78 is 238. The molecule has 0 bridgehead atoms. The van der Waals surface area contributed by atoms with Crippen LogP contribution >= 0.6 is 0 Å². The molecule has 2 aromatic rings. The Bertz CT molecular complexity index is 1380. The highest BCUT2D eigenvalue weighted by Gasteiger charge is 2.95. The van der Waals surface area contributed by atoms with E-state index in [1.807, 2.05) is 0 Å². The second-order valence-electron chi connectivity index (χ2n) is 10.7. The van der Waals surface area contributed by atoms with Gasteiger partial charge in [-0.2, -0.15) is 74.6 Å². The molecule has 0 amide bonds. The number of rotatable bonds is 12. The molecule has 0 fully saturated rings. The normalized spacial score (nSPS) is 14.9. The van der Waals surface area contributed by atoms with Crippen LogP contribution in [-0.4, -0.2) is 65.2 Å². The lowest BCUT2D eigenvalue weighted by molar-refractivity contribution is -0.461. The van der Waals surface area contributed by atoms with Crippen LogP contribution < -0.4 is 0 Å². The van der Waals surface area contributed by atoms with Crippen molar-refractivity contribution in [2.24, 2.45) is 0 Å². The van der Waals surface area contributed by atoms with Gasteiger partial charge in [0.15, 0.2) is 5.69 Å². The van der Waals surface area contributed by atoms with Gasteiger partial charge in [-0.05, 0) is 18.6 Å². The quantitative estimate of drug-likeness (QED) is 0.125. The number of alkyl halides is 17. The van der Waals surface area contributed by atoms with Gasteiger partial charge in [0.2, 0.25) is 5.89 Å². The van der Waals surface area contributed by atoms with Crippen LogP contribution in [-0.2, 0) is 10.2 Å². The molecule has 0 spiro atoms. The summed E-state index contributed by atoms with van der Waals surface area (Å²) in [5, 5.41) is 0. The Kier molecular flexibility index (Phi) is 9.93. The number of ether oxygens (including phenoxy) is 1. The molecule has 0 saturated carbocycles. The van der Waals surface area contributed by atoms with Crippen molar-refractivity contribution in [3.8, 4) is 11.5 Å². The van der Waals surface area contributed by atoms with Gasteiger partial charge < -0.3 is 9.15 Å². The van der Waals surface area contributed by atoms with E-state index < -0.39 is 84.2 Å². The molecule has 0 aliphatic carbocycles. The van der Waals surface area contributed by atoms with Gasteiger partial charge in [0.1, 0.15) is 5.76 Å². The van der Waals surface area contributed by atoms with E-state index in [-0.39, 0.29) is 11.7 Å². The van der Waals surface area contributed by atoms with Crippen LogP contribution in [0.1, 0.15) is 49.9 Å². The van der Waals surface area contributed by atoms with E-state index in [0.717, 1.165) is 0 Å². The molecule has 21 heteroatoms. The van der Waals surface area contributed by atoms with Crippen molar-refractivity contribution in [3.05, 3.63) is 41.8 Å². The summed E-state index contributed by atoms with van der Waals surface area (Å²) in [5.41, 5.74) is -1.23. The molecule has 1 aromatic carbocycles. The molecule has 0 aliphatic rings. The summed E-state index contributed by atoms with van der Waals surface area (Å²) in [4.78, 5) is 16.4. The Labute approximate surface area is 246 Å². The summed E-state index contributed by atoms with van der Waals surface area (Å²) in [6.45, 7) is 3.15. The van der Waals surface area contributed by atoms with Gasteiger partial charge in [0.25, 0.3) is 0 Å². The Hall–Kier alpha value is -3.29. The molecule has 0 unspecified atom stereocenters. The smallest absolute Gasteiger partial charge is 0.460 e. The molecule has 0 saturated heterocycles. The lowest BCUT2D eigenvalue weighted by Crippen LogP contribution is -2.74. The van der Waals surface area contributed by atoms with Gasteiger partial charge >= 0.3 is 53.6 Å². The van der Waals surface area contributed by atoms with Crippen LogP contribution in [0.4, 0.5) is 74.6 Å². The summed E-state index contributed by atoms with van der Waals surface area (Å²) >= 11 is 0. The predicted octanol–water partition coefficient (Wildman–Crippen LogP) is 9.59. The Morgan fingerprint density at radius 1 is 0.674 bits per heavy atom. The predicted molar refractivity (Wildman–Crippen MR) is 121 cm³/mol. The topological polar surface area (TPSA) is 52.3 Å². The SMILES string of the molecule is CC(C)(C)c1oc(-c2ccccc2)nc1C(=O)OCCCC(F)(F)C(F)(F)C(F)(F)C(F)(F)C(F)(F)C(F)(F)C(F)(F)C(F)(F)F. The number of halogens is 17. The number of aromatic nitrogens is 1. The van der Waals surface area contributed by atoms with E-state index in [4.69, 9.17) is 4.42 Å². The minimum absolute atomic E-state index is 0.149. The highest BCUT2D eigenvalue weighted by atomic mass is 19.4. The maximum atomic E-state index is 14.1. The average Bonchev–Trinajstić information content (AvgIpc) is 3.37. The fourth-order valence-corrected chi connectivity index (χ4v) is 3.55. The molecular formula is C25H20F17NO3. The minimum atomic E-state index is -8.70. The Morgan fingerprint density at radius 2 is 1.11 bits per heavy atom. The van der Waals surface area contributed by atoms with E-state index in [9.17, 15) is 79.4 Å². The van der Waals surface area contributed by atoms with E-state index in [0.29, 0.717) is 5.56 Å². The number of esters is 1. The van der Waals surface area contributed by atoms with Gasteiger partial charge in [-0.1, -0.05) is 39.0 Å². The average molecular weight is 705 g/mol. The highest BCUT2D eigenvalue weighted by Crippen LogP contribution is 2.64. The molecule has 262 valence electrons. The molecule has 2 rings (SSSR count). The van der Waals surface area contributed by atoms with Crippen molar-refractivity contribution in [1.82, 2.24) is 4.98 Å². The first-order valence-electron chi connectivity index (χ1n) is 12.3. The number of hydrogen-bond donors (Lipinski definition) is 0. The van der Waals surface area contributed by atoms with Crippen molar-refractivity contribution >= 4 is 5.97 Å². The van der Waals surface area contributed by atoms with E-state index >= 15 is 0 Å². The molecule has 0 aliphatic heterocycles. The number of carbonyl (C=O) groups is 1. The van der Waals surface area contributed by atoms with Crippen molar-refractivity contribution in [1.29, 1.82) is 0 Å². The summed E-state index contributed by atoms with van der Waals surface area (Å²) in [6.07, 6.45) is -12.2. The molecule has 0 N–H and O–H groups in total. The first-order chi connectivity index (χ1) is 20.3. The van der Waals surface area contributed by atoms with Crippen LogP contribution in [0.15, 0.2) is 34.7 Å². The van der Waals surface area contributed by atoms with E-state index in [2.05, 4.69) is 9.72 Å². The number of nitrogens with zero attached hydrogens (tertiary/aromatic N) is 1. The molecule has 0 atom stereocenters. The maximum Gasteiger partial charge on any atom is 0.460 e. The van der Waals surface area contributed by atoms with E-state index in [1.165, 1.54) is 32.9 Å². The fourth-order valence-electron chi connectivity index (χ4n) is 3.55. The zero-order valence-corrected chi connectivity index (χ0v) is 23.1. The summed E-state index contributed by atoms with van der Waals surface area (Å²) in [7, 11) is 0. The van der Waals surface area contributed by atoms with Crippen molar-refractivity contribution in [3.63, 3.8) is 0 Å². The minimum Gasteiger partial charge on any atom is -0.461 e.